The van der Waals surface area contributed by atoms with Gasteiger partial charge in [-0.2, -0.15) is 0 Å². The molecule has 0 spiro atoms. The van der Waals surface area contributed by atoms with Gasteiger partial charge in [-0.05, 0) is 48.0 Å². The minimum absolute atomic E-state index is 0.0440. The van der Waals surface area contributed by atoms with Crippen LogP contribution >= 0.6 is 11.6 Å². The molecule has 0 N–H and O–H groups in total. The van der Waals surface area contributed by atoms with Crippen LogP contribution in [0.4, 0.5) is 5.69 Å². The van der Waals surface area contributed by atoms with Crippen LogP contribution in [-0.2, 0) is 19.6 Å². The van der Waals surface area contributed by atoms with Gasteiger partial charge in [-0.15, -0.1) is 0 Å². The number of ether oxygens (including phenoxy) is 2. The van der Waals surface area contributed by atoms with Crippen LogP contribution < -0.4 is 9.04 Å². The van der Waals surface area contributed by atoms with E-state index in [2.05, 4.69) is 0 Å². The van der Waals surface area contributed by atoms with E-state index in [-0.39, 0.29) is 22.9 Å². The second kappa shape index (κ2) is 8.71. The lowest BCUT2D eigenvalue weighted by Crippen LogP contribution is -2.37. The van der Waals surface area contributed by atoms with Gasteiger partial charge in [0.25, 0.3) is 10.0 Å². The van der Waals surface area contributed by atoms with Gasteiger partial charge in [-0.25, -0.2) is 8.42 Å². The number of hydrogen-bond acceptors (Lipinski definition) is 5. The zero-order valence-electron chi connectivity index (χ0n) is 16.0. The van der Waals surface area contributed by atoms with E-state index in [0.29, 0.717) is 5.02 Å². The highest BCUT2D eigenvalue weighted by Gasteiger charge is 2.30. The Morgan fingerprint density at radius 1 is 1.03 bits per heavy atom. The molecule has 0 atom stereocenters. The van der Waals surface area contributed by atoms with Crippen LogP contribution in [0.2, 0.25) is 5.02 Å². The van der Waals surface area contributed by atoms with Gasteiger partial charge in [-0.3, -0.25) is 9.10 Å². The molecule has 152 valence electrons. The normalized spacial score (nSPS) is 11.3. The Balaban J connectivity index is 2.15. The Morgan fingerprint density at radius 2 is 1.76 bits per heavy atom. The molecule has 3 rings (SSSR count). The Hall–Kier alpha value is -2.77. The molecular formula is C21H20ClNO5S. The van der Waals surface area contributed by atoms with Crippen LogP contribution in [0.5, 0.6) is 5.75 Å². The number of fused-ring (bicyclic) bond motifs is 1. The molecule has 0 aromatic heterocycles. The lowest BCUT2D eigenvalue weighted by molar-refractivity contribution is -0.141. The third kappa shape index (κ3) is 4.46. The summed E-state index contributed by atoms with van der Waals surface area (Å²) in [6.45, 7) is 1.27. The van der Waals surface area contributed by atoms with E-state index in [1.807, 2.05) is 24.3 Å². The number of rotatable bonds is 7. The number of anilines is 1. The molecule has 0 amide bonds. The Labute approximate surface area is 174 Å². The van der Waals surface area contributed by atoms with Crippen molar-refractivity contribution in [1.29, 1.82) is 0 Å². The minimum Gasteiger partial charge on any atom is -0.495 e. The predicted molar refractivity (Wildman–Crippen MR) is 113 cm³/mol. The molecule has 0 heterocycles. The van der Waals surface area contributed by atoms with Gasteiger partial charge >= 0.3 is 5.97 Å². The van der Waals surface area contributed by atoms with Crippen molar-refractivity contribution in [1.82, 2.24) is 0 Å². The monoisotopic (exact) mass is 433 g/mol. The fourth-order valence-electron chi connectivity index (χ4n) is 2.94. The second-order valence-corrected chi connectivity index (χ2v) is 8.44. The maximum absolute atomic E-state index is 13.5. The van der Waals surface area contributed by atoms with Crippen LogP contribution in [0.15, 0.2) is 65.6 Å². The van der Waals surface area contributed by atoms with Gasteiger partial charge in [0.2, 0.25) is 0 Å². The van der Waals surface area contributed by atoms with Gasteiger partial charge in [0, 0.05) is 5.02 Å². The second-order valence-electron chi connectivity index (χ2n) is 6.14. The molecule has 0 aliphatic heterocycles. The van der Waals surface area contributed by atoms with Gasteiger partial charge in [-0.1, -0.05) is 41.9 Å². The number of carbonyl (C=O) groups is 1. The molecule has 0 saturated heterocycles. The first-order chi connectivity index (χ1) is 13.9. The van der Waals surface area contributed by atoms with Crippen molar-refractivity contribution in [2.24, 2.45) is 0 Å². The maximum Gasteiger partial charge on any atom is 0.326 e. The average Bonchev–Trinajstić information content (AvgIpc) is 2.71. The fourth-order valence-corrected chi connectivity index (χ4v) is 4.55. The number of esters is 1. The van der Waals surface area contributed by atoms with Crippen molar-refractivity contribution in [3.05, 3.63) is 65.7 Å². The fraction of sp³-hybridized carbons (Fsp3) is 0.190. The van der Waals surface area contributed by atoms with E-state index in [0.717, 1.165) is 15.1 Å². The average molecular weight is 434 g/mol. The summed E-state index contributed by atoms with van der Waals surface area (Å²) in [5.74, 6) is -0.415. The van der Waals surface area contributed by atoms with Gasteiger partial charge in [0.05, 0.1) is 24.3 Å². The molecule has 0 unspecified atom stereocenters. The van der Waals surface area contributed by atoms with Crippen LogP contribution in [0.1, 0.15) is 6.92 Å². The van der Waals surface area contributed by atoms with Crippen molar-refractivity contribution in [2.45, 2.75) is 11.8 Å². The van der Waals surface area contributed by atoms with Gasteiger partial charge < -0.3 is 9.47 Å². The summed E-state index contributed by atoms with van der Waals surface area (Å²) in [7, 11) is -2.70. The quantitative estimate of drug-likeness (QED) is 0.520. The first-order valence-corrected chi connectivity index (χ1v) is 10.7. The molecule has 0 aliphatic rings. The molecule has 3 aromatic rings. The summed E-state index contributed by atoms with van der Waals surface area (Å²) in [5.41, 5.74) is 0.154. The summed E-state index contributed by atoms with van der Waals surface area (Å²) in [5, 5.41) is 1.98. The lowest BCUT2D eigenvalue weighted by Gasteiger charge is -2.25. The number of benzene rings is 3. The number of hydrogen-bond donors (Lipinski definition) is 0. The number of methoxy groups -OCH3 is 1. The summed E-state index contributed by atoms with van der Waals surface area (Å²) in [6, 6.07) is 16.8. The lowest BCUT2D eigenvalue weighted by atomic mass is 10.1. The number of nitrogens with zero attached hydrogens (tertiary/aromatic N) is 1. The molecule has 0 radical (unpaired) electrons. The van der Waals surface area contributed by atoms with E-state index in [4.69, 9.17) is 21.1 Å². The highest BCUT2D eigenvalue weighted by molar-refractivity contribution is 7.92. The predicted octanol–water partition coefficient (Wildman–Crippen LogP) is 4.26. The highest BCUT2D eigenvalue weighted by atomic mass is 35.5. The first kappa shape index (κ1) is 21.0. The summed E-state index contributed by atoms with van der Waals surface area (Å²) in [6.07, 6.45) is 0. The molecule has 29 heavy (non-hydrogen) atoms. The molecule has 6 nitrogen and oxygen atoms in total. The SMILES string of the molecule is CCOC(=O)CN(c1cc(Cl)ccc1OC)S(=O)(=O)c1ccc2ccccc2c1. The molecule has 0 saturated carbocycles. The summed E-state index contributed by atoms with van der Waals surface area (Å²) >= 11 is 6.10. The topological polar surface area (TPSA) is 72.9 Å². The Morgan fingerprint density at radius 3 is 2.45 bits per heavy atom. The van der Waals surface area contributed by atoms with E-state index in [9.17, 15) is 13.2 Å². The van der Waals surface area contributed by atoms with E-state index in [1.165, 1.54) is 19.2 Å². The van der Waals surface area contributed by atoms with E-state index < -0.39 is 22.5 Å². The minimum atomic E-state index is -4.11. The van der Waals surface area contributed by atoms with E-state index >= 15 is 0 Å². The van der Waals surface area contributed by atoms with Gasteiger partial charge in [0.1, 0.15) is 12.3 Å². The van der Waals surface area contributed by atoms with Crippen molar-refractivity contribution in [2.75, 3.05) is 24.6 Å². The van der Waals surface area contributed by atoms with Crippen molar-refractivity contribution in [3.63, 3.8) is 0 Å². The largest absolute Gasteiger partial charge is 0.495 e. The van der Waals surface area contributed by atoms with Crippen LogP contribution in [0.25, 0.3) is 10.8 Å². The third-order valence-electron chi connectivity index (χ3n) is 4.30. The van der Waals surface area contributed by atoms with Crippen molar-refractivity contribution in [3.8, 4) is 5.75 Å². The standard InChI is InChI=1S/C21H20ClNO5S/c1-3-28-21(24)14-23(19-13-17(22)9-11-20(19)27-2)29(25,26)18-10-8-15-6-4-5-7-16(15)12-18/h4-13H,3,14H2,1-2H3. The molecule has 0 aliphatic carbocycles. The molecular weight excluding hydrogens is 414 g/mol. The third-order valence-corrected chi connectivity index (χ3v) is 6.29. The zero-order valence-corrected chi connectivity index (χ0v) is 17.5. The number of halogens is 1. The van der Waals surface area contributed by atoms with Crippen molar-refractivity contribution >= 4 is 44.1 Å². The zero-order chi connectivity index (χ0) is 21.0. The van der Waals surface area contributed by atoms with Crippen LogP contribution in [0.3, 0.4) is 0 Å². The summed E-state index contributed by atoms with van der Waals surface area (Å²) in [4.78, 5) is 12.2. The molecule has 3 aromatic carbocycles. The Kier molecular flexibility index (Phi) is 6.30. The highest BCUT2D eigenvalue weighted by Crippen LogP contribution is 2.35. The van der Waals surface area contributed by atoms with E-state index in [1.54, 1.807) is 31.2 Å². The number of sulfonamides is 1. The van der Waals surface area contributed by atoms with Crippen LogP contribution in [-0.4, -0.2) is 34.6 Å². The molecule has 0 bridgehead atoms. The number of carbonyl (C=O) groups excluding carboxylic acids is 1. The smallest absolute Gasteiger partial charge is 0.326 e. The molecule has 8 heteroatoms. The maximum atomic E-state index is 13.5. The van der Waals surface area contributed by atoms with Gasteiger partial charge in [0.15, 0.2) is 0 Å². The van der Waals surface area contributed by atoms with Crippen molar-refractivity contribution < 1.29 is 22.7 Å². The summed E-state index contributed by atoms with van der Waals surface area (Å²) < 4.78 is 38.3. The Bertz CT molecular complexity index is 1150. The van der Waals surface area contributed by atoms with Crippen LogP contribution in [0, 0.1) is 0 Å². The first-order valence-electron chi connectivity index (χ1n) is 8.87. The molecule has 0 fully saturated rings.